The number of nitrogens with zero attached hydrogens (tertiary/aromatic N) is 2. The van der Waals surface area contributed by atoms with E-state index in [1.807, 2.05) is 36.4 Å². The molecule has 0 spiro atoms. The minimum absolute atomic E-state index is 0. The Morgan fingerprint density at radius 1 is 0.533 bits per heavy atom. The quantitative estimate of drug-likeness (QED) is 0.336. The first-order chi connectivity index (χ1) is 6.45. The molecule has 0 radical (unpaired) electrons. The highest BCUT2D eigenvalue weighted by atomic mass is 127. The minimum Gasteiger partial charge on any atom is -1.00 e. The van der Waals surface area contributed by atoms with Crippen molar-refractivity contribution in [1.82, 2.24) is 0 Å². The van der Waals surface area contributed by atoms with Crippen molar-refractivity contribution < 1.29 is 57.1 Å². The third-order valence-electron chi connectivity index (χ3n) is 1.88. The molecule has 2 heterocycles. The topological polar surface area (TPSA) is 7.76 Å². The van der Waals surface area contributed by atoms with Gasteiger partial charge in [0.25, 0.3) is 0 Å². The van der Waals surface area contributed by atoms with Crippen LogP contribution in [0.4, 0.5) is 0 Å². The van der Waals surface area contributed by atoms with Crippen LogP contribution in [0.1, 0.15) is 0 Å². The first kappa shape index (κ1) is 14.8. The first-order valence-corrected chi connectivity index (χ1v) is 4.33. The molecule has 0 saturated heterocycles. The monoisotopic (exact) mass is 426 g/mol. The fourth-order valence-corrected chi connectivity index (χ4v) is 1.25. The van der Waals surface area contributed by atoms with Crippen molar-refractivity contribution in [1.29, 1.82) is 0 Å². The summed E-state index contributed by atoms with van der Waals surface area (Å²) >= 11 is 0. The van der Waals surface area contributed by atoms with Crippen molar-refractivity contribution in [3.8, 4) is 0 Å². The van der Waals surface area contributed by atoms with Crippen molar-refractivity contribution in [3.63, 3.8) is 0 Å². The lowest BCUT2D eigenvalue weighted by Gasteiger charge is -1.91. The Hall–Kier alpha value is -0.240. The second-order valence-electron chi connectivity index (χ2n) is 2.92. The van der Waals surface area contributed by atoms with Crippen molar-refractivity contribution in [3.05, 3.63) is 61.2 Å². The summed E-state index contributed by atoms with van der Waals surface area (Å²) in [5.41, 5.74) is 0. The lowest BCUT2D eigenvalue weighted by atomic mass is 10.5. The predicted molar refractivity (Wildman–Crippen MR) is 48.7 cm³/mol. The largest absolute Gasteiger partial charge is 1.00 e. The summed E-state index contributed by atoms with van der Waals surface area (Å²) in [4.78, 5) is 0. The average molecular weight is 426 g/mol. The van der Waals surface area contributed by atoms with Crippen LogP contribution in [0.15, 0.2) is 61.2 Å². The Balaban J connectivity index is 0.000000980. The van der Waals surface area contributed by atoms with E-state index in [2.05, 4.69) is 33.9 Å². The van der Waals surface area contributed by atoms with Gasteiger partial charge in [0.05, 0.1) is 0 Å². The van der Waals surface area contributed by atoms with Crippen molar-refractivity contribution in [2.75, 3.05) is 0 Å². The standard InChI is InChI=1S/C11H12N2.2HI/c1-3-7-12(8-4-1)11-13-9-5-2-6-10-13;;/h1-10H,11H2;2*1H/q+2;;/p-2. The molecule has 2 aromatic rings. The van der Waals surface area contributed by atoms with E-state index < -0.39 is 0 Å². The van der Waals surface area contributed by atoms with E-state index >= 15 is 0 Å². The molecule has 0 amide bonds. The Labute approximate surface area is 124 Å². The van der Waals surface area contributed by atoms with Gasteiger partial charge in [-0.3, -0.25) is 0 Å². The Kier molecular flexibility index (Phi) is 7.85. The van der Waals surface area contributed by atoms with Gasteiger partial charge in [0.1, 0.15) is 0 Å². The molecule has 0 saturated carbocycles. The highest BCUT2D eigenvalue weighted by Crippen LogP contribution is 1.77. The van der Waals surface area contributed by atoms with Crippen molar-refractivity contribution in [2.45, 2.75) is 6.67 Å². The van der Waals surface area contributed by atoms with Gasteiger partial charge in [-0.25, -0.2) is 0 Å². The maximum Gasteiger partial charge on any atom is 0.343 e. The molecule has 15 heavy (non-hydrogen) atoms. The number of hydrogen-bond acceptors (Lipinski definition) is 0. The van der Waals surface area contributed by atoms with Crippen molar-refractivity contribution in [2.24, 2.45) is 0 Å². The van der Waals surface area contributed by atoms with E-state index in [-0.39, 0.29) is 48.0 Å². The fraction of sp³-hybridized carbons (Fsp3) is 0.0909. The summed E-state index contributed by atoms with van der Waals surface area (Å²) in [5, 5.41) is 0. The van der Waals surface area contributed by atoms with Gasteiger partial charge in [-0.15, -0.1) is 9.13 Å². The van der Waals surface area contributed by atoms with Crippen LogP contribution in [0.25, 0.3) is 0 Å². The number of aromatic nitrogens is 2. The van der Waals surface area contributed by atoms with Crippen LogP contribution >= 0.6 is 0 Å². The zero-order valence-electron chi connectivity index (χ0n) is 8.13. The molecule has 0 atom stereocenters. The summed E-state index contributed by atoms with van der Waals surface area (Å²) in [6.07, 6.45) is 8.22. The highest BCUT2D eigenvalue weighted by Gasteiger charge is 2.03. The molecule has 0 aliphatic rings. The normalized spacial score (nSPS) is 8.53. The van der Waals surface area contributed by atoms with E-state index in [4.69, 9.17) is 0 Å². The predicted octanol–water partition coefficient (Wildman–Crippen LogP) is -5.22. The number of pyridine rings is 2. The summed E-state index contributed by atoms with van der Waals surface area (Å²) in [6.45, 7) is 0.863. The lowest BCUT2D eigenvalue weighted by Crippen LogP contribution is -3.00. The van der Waals surface area contributed by atoms with Gasteiger partial charge in [-0.2, -0.15) is 0 Å². The van der Waals surface area contributed by atoms with Crippen LogP contribution in [-0.4, -0.2) is 0 Å². The van der Waals surface area contributed by atoms with Gasteiger partial charge in [0.2, 0.25) is 0 Å². The van der Waals surface area contributed by atoms with E-state index in [9.17, 15) is 0 Å². The van der Waals surface area contributed by atoms with E-state index in [0.29, 0.717) is 0 Å². The van der Waals surface area contributed by atoms with E-state index in [1.165, 1.54) is 0 Å². The van der Waals surface area contributed by atoms with Gasteiger partial charge in [0.15, 0.2) is 24.8 Å². The van der Waals surface area contributed by atoms with Crippen LogP contribution in [0.3, 0.4) is 0 Å². The van der Waals surface area contributed by atoms with Crippen LogP contribution in [-0.2, 0) is 6.67 Å². The molecule has 4 heteroatoms. The molecule has 0 N–H and O–H groups in total. The third-order valence-corrected chi connectivity index (χ3v) is 1.88. The molecule has 2 rings (SSSR count). The Morgan fingerprint density at radius 3 is 1.20 bits per heavy atom. The van der Waals surface area contributed by atoms with Gasteiger partial charge in [0, 0.05) is 24.3 Å². The SMILES string of the molecule is [I-].[I-].c1cc[n+](C[n+]2ccccc2)cc1. The maximum absolute atomic E-state index is 2.12. The number of halogens is 2. The van der Waals surface area contributed by atoms with Crippen LogP contribution in [0.5, 0.6) is 0 Å². The Bertz CT molecular complexity index is 327. The zero-order chi connectivity index (χ0) is 8.93. The summed E-state index contributed by atoms with van der Waals surface area (Å²) in [6, 6.07) is 12.2. The lowest BCUT2D eigenvalue weighted by molar-refractivity contribution is -0.913. The second-order valence-corrected chi connectivity index (χ2v) is 2.92. The third kappa shape index (κ3) is 4.87. The second kappa shape index (κ2) is 7.98. The molecule has 0 aliphatic carbocycles. The molecule has 0 aliphatic heterocycles. The number of rotatable bonds is 2. The first-order valence-electron chi connectivity index (χ1n) is 4.33. The molecule has 2 aromatic heterocycles. The molecule has 2 nitrogen and oxygen atoms in total. The van der Waals surface area contributed by atoms with Crippen LogP contribution < -0.4 is 57.1 Å². The van der Waals surface area contributed by atoms with E-state index in [1.54, 1.807) is 0 Å². The number of hydrogen-bond donors (Lipinski definition) is 0. The molecule has 0 fully saturated rings. The van der Waals surface area contributed by atoms with Crippen LogP contribution in [0.2, 0.25) is 0 Å². The van der Waals surface area contributed by atoms with Gasteiger partial charge in [-0.05, 0) is 0 Å². The van der Waals surface area contributed by atoms with Gasteiger partial charge < -0.3 is 48.0 Å². The Morgan fingerprint density at radius 2 is 0.867 bits per heavy atom. The van der Waals surface area contributed by atoms with Gasteiger partial charge >= 0.3 is 6.67 Å². The molecule has 0 bridgehead atoms. The minimum atomic E-state index is 0. The maximum atomic E-state index is 2.12. The van der Waals surface area contributed by atoms with Gasteiger partial charge in [-0.1, -0.05) is 12.1 Å². The average Bonchev–Trinajstić information content (AvgIpc) is 2.21. The summed E-state index contributed by atoms with van der Waals surface area (Å²) < 4.78 is 4.25. The molecule has 0 unspecified atom stereocenters. The van der Waals surface area contributed by atoms with E-state index in [0.717, 1.165) is 6.67 Å². The molecule has 80 valence electrons. The van der Waals surface area contributed by atoms with Crippen LogP contribution in [0, 0.1) is 0 Å². The highest BCUT2D eigenvalue weighted by molar-refractivity contribution is 4.84. The summed E-state index contributed by atoms with van der Waals surface area (Å²) in [7, 11) is 0. The smallest absolute Gasteiger partial charge is 0.343 e. The zero-order valence-corrected chi connectivity index (χ0v) is 12.4. The molecular weight excluding hydrogens is 414 g/mol. The summed E-state index contributed by atoms with van der Waals surface area (Å²) in [5.74, 6) is 0. The van der Waals surface area contributed by atoms with Crippen molar-refractivity contribution >= 4 is 0 Å². The molecule has 0 aromatic carbocycles. The molecular formula is C11H12I2N2. The fourth-order valence-electron chi connectivity index (χ4n) is 1.25.